The Morgan fingerprint density at radius 2 is 1.60 bits per heavy atom. The molecule has 6 nitrogen and oxygen atoms in total. The van der Waals surface area contributed by atoms with Gasteiger partial charge in [-0.25, -0.2) is 9.59 Å². The van der Waals surface area contributed by atoms with Gasteiger partial charge < -0.3 is 20.8 Å². The number of hydrogen-bond donors (Lipinski definition) is 3. The fourth-order valence-electron chi connectivity index (χ4n) is 2.01. The van der Waals surface area contributed by atoms with E-state index in [1.807, 2.05) is 0 Å². The van der Waals surface area contributed by atoms with Crippen LogP contribution in [0.1, 0.15) is 12.8 Å². The Kier molecular flexibility index (Phi) is 4.05. The fraction of sp³-hybridized carbons (Fsp3) is 0.778. The topological polar surface area (TPSA) is 104 Å². The number of hydrogen-bond acceptors (Lipinski definition) is 4. The van der Waals surface area contributed by atoms with Crippen molar-refractivity contribution in [2.24, 2.45) is 11.7 Å². The molecule has 3 fully saturated rings. The van der Waals surface area contributed by atoms with Crippen LogP contribution in [0, 0.1) is 5.92 Å². The van der Waals surface area contributed by atoms with Crippen molar-refractivity contribution in [1.82, 2.24) is 4.90 Å². The van der Waals surface area contributed by atoms with Gasteiger partial charge in [0.25, 0.3) is 0 Å². The lowest BCUT2D eigenvalue weighted by atomic mass is 9.85. The summed E-state index contributed by atoms with van der Waals surface area (Å²) in [6, 6.07) is 0.493. The van der Waals surface area contributed by atoms with Gasteiger partial charge in [-0.3, -0.25) is 0 Å². The van der Waals surface area contributed by atoms with Crippen molar-refractivity contribution in [3.63, 3.8) is 0 Å². The van der Waals surface area contributed by atoms with E-state index >= 15 is 0 Å². The average molecular weight is 216 g/mol. The van der Waals surface area contributed by atoms with Crippen molar-refractivity contribution in [3.8, 4) is 0 Å². The van der Waals surface area contributed by atoms with Gasteiger partial charge in [-0.15, -0.1) is 0 Å². The van der Waals surface area contributed by atoms with Gasteiger partial charge in [-0.1, -0.05) is 0 Å². The average Bonchev–Trinajstić information content (AvgIpc) is 2.19. The zero-order valence-electron chi connectivity index (χ0n) is 8.43. The molecule has 4 N–H and O–H groups in total. The van der Waals surface area contributed by atoms with Crippen LogP contribution in [0.15, 0.2) is 0 Å². The van der Waals surface area contributed by atoms with Gasteiger partial charge in [0.2, 0.25) is 0 Å². The van der Waals surface area contributed by atoms with E-state index in [2.05, 4.69) is 4.90 Å². The van der Waals surface area contributed by atoms with Crippen molar-refractivity contribution >= 4 is 11.9 Å². The molecule has 1 atom stereocenters. The standard InChI is InChI=1S/C7H14N2.C2H2O4/c8-7-5-9-3-1-6(7)2-4-9;3-1(4)2(5)6/h6-7H,1-5,8H2;(H,3,4)(H,5,6)/t7-;/m0./s1. The number of nitrogens with zero attached hydrogens (tertiary/aromatic N) is 1. The number of aliphatic carboxylic acids is 2. The van der Waals surface area contributed by atoms with Crippen molar-refractivity contribution < 1.29 is 19.8 Å². The lowest BCUT2D eigenvalue weighted by molar-refractivity contribution is -0.159. The highest BCUT2D eigenvalue weighted by Gasteiger charge is 2.31. The molecule has 3 aliphatic heterocycles. The molecule has 0 unspecified atom stereocenters. The summed E-state index contributed by atoms with van der Waals surface area (Å²) in [6.45, 7) is 3.77. The SMILES string of the molecule is N[C@H]1CN2CCC1CC2.O=C(O)C(=O)O. The Hall–Kier alpha value is -1.14. The first-order valence-electron chi connectivity index (χ1n) is 4.95. The summed E-state index contributed by atoms with van der Waals surface area (Å²) in [7, 11) is 0. The first-order chi connectivity index (χ1) is 7.00. The fourth-order valence-corrected chi connectivity index (χ4v) is 2.01. The van der Waals surface area contributed by atoms with E-state index in [0.717, 1.165) is 12.5 Å². The third-order valence-corrected chi connectivity index (χ3v) is 2.89. The Balaban J connectivity index is 0.000000167. The van der Waals surface area contributed by atoms with Crippen LogP contribution in [-0.2, 0) is 9.59 Å². The summed E-state index contributed by atoms with van der Waals surface area (Å²) < 4.78 is 0. The van der Waals surface area contributed by atoms with Gasteiger partial charge in [0, 0.05) is 12.6 Å². The second kappa shape index (κ2) is 5.09. The molecule has 0 radical (unpaired) electrons. The summed E-state index contributed by atoms with van der Waals surface area (Å²) in [5, 5.41) is 14.8. The highest BCUT2D eigenvalue weighted by molar-refractivity contribution is 6.27. The van der Waals surface area contributed by atoms with Crippen LogP contribution in [0.5, 0.6) is 0 Å². The van der Waals surface area contributed by atoms with Crippen LogP contribution in [0.25, 0.3) is 0 Å². The monoisotopic (exact) mass is 216 g/mol. The normalized spacial score (nSPS) is 32.7. The minimum Gasteiger partial charge on any atom is -0.473 e. The van der Waals surface area contributed by atoms with E-state index in [0.29, 0.717) is 6.04 Å². The number of carboxylic acids is 2. The predicted molar refractivity (Wildman–Crippen MR) is 52.4 cm³/mol. The Labute approximate surface area is 87.7 Å². The maximum Gasteiger partial charge on any atom is 0.414 e. The molecule has 0 aromatic carbocycles. The summed E-state index contributed by atoms with van der Waals surface area (Å²) in [6.07, 6.45) is 2.70. The maximum absolute atomic E-state index is 9.10. The highest BCUT2D eigenvalue weighted by atomic mass is 16.4. The third kappa shape index (κ3) is 3.49. The number of piperidine rings is 3. The minimum absolute atomic E-state index is 0.493. The number of rotatable bonds is 0. The molecule has 15 heavy (non-hydrogen) atoms. The molecule has 3 heterocycles. The maximum atomic E-state index is 9.10. The Morgan fingerprint density at radius 3 is 1.73 bits per heavy atom. The number of carboxylic acid groups (broad SMARTS) is 2. The second-order valence-corrected chi connectivity index (χ2v) is 3.91. The molecule has 0 saturated carbocycles. The van der Waals surface area contributed by atoms with Gasteiger partial charge >= 0.3 is 11.9 Å². The third-order valence-electron chi connectivity index (χ3n) is 2.89. The van der Waals surface area contributed by atoms with Crippen molar-refractivity contribution in [1.29, 1.82) is 0 Å². The van der Waals surface area contributed by atoms with E-state index in [-0.39, 0.29) is 0 Å². The molecule has 0 amide bonds. The summed E-state index contributed by atoms with van der Waals surface area (Å²) in [5.41, 5.74) is 5.88. The van der Waals surface area contributed by atoms with E-state index in [1.54, 1.807) is 0 Å². The van der Waals surface area contributed by atoms with Gasteiger partial charge in [0.05, 0.1) is 0 Å². The molecule has 0 spiro atoms. The highest BCUT2D eigenvalue weighted by Crippen LogP contribution is 2.25. The van der Waals surface area contributed by atoms with Crippen LogP contribution < -0.4 is 5.73 Å². The van der Waals surface area contributed by atoms with Crippen molar-refractivity contribution in [2.45, 2.75) is 18.9 Å². The number of fused-ring (bicyclic) bond motifs is 3. The molecule has 3 rings (SSSR count). The van der Waals surface area contributed by atoms with E-state index in [9.17, 15) is 0 Å². The number of carbonyl (C=O) groups is 2. The molecule has 0 aliphatic carbocycles. The lowest BCUT2D eigenvalue weighted by Gasteiger charge is -2.43. The molecule has 2 bridgehead atoms. The summed E-state index contributed by atoms with van der Waals surface area (Å²) >= 11 is 0. The Morgan fingerprint density at radius 1 is 1.13 bits per heavy atom. The van der Waals surface area contributed by atoms with Crippen LogP contribution in [0.3, 0.4) is 0 Å². The van der Waals surface area contributed by atoms with E-state index in [4.69, 9.17) is 25.5 Å². The van der Waals surface area contributed by atoms with Crippen LogP contribution in [0.4, 0.5) is 0 Å². The van der Waals surface area contributed by atoms with Crippen LogP contribution in [0.2, 0.25) is 0 Å². The largest absolute Gasteiger partial charge is 0.473 e. The molecule has 0 aromatic heterocycles. The zero-order valence-corrected chi connectivity index (χ0v) is 8.43. The second-order valence-electron chi connectivity index (χ2n) is 3.91. The lowest BCUT2D eigenvalue weighted by Crippen LogP contribution is -2.54. The van der Waals surface area contributed by atoms with Crippen LogP contribution >= 0.6 is 0 Å². The quantitative estimate of drug-likeness (QED) is 0.458. The molecule has 86 valence electrons. The molecule has 0 aromatic rings. The Bertz CT molecular complexity index is 236. The van der Waals surface area contributed by atoms with Gasteiger partial charge in [0.15, 0.2) is 0 Å². The van der Waals surface area contributed by atoms with E-state index < -0.39 is 11.9 Å². The van der Waals surface area contributed by atoms with Crippen molar-refractivity contribution in [2.75, 3.05) is 19.6 Å². The van der Waals surface area contributed by atoms with Gasteiger partial charge in [-0.2, -0.15) is 0 Å². The molecular formula is C9H16N2O4. The molecule has 3 saturated heterocycles. The van der Waals surface area contributed by atoms with E-state index in [1.165, 1.54) is 25.9 Å². The smallest absolute Gasteiger partial charge is 0.414 e. The molecular weight excluding hydrogens is 200 g/mol. The minimum atomic E-state index is -1.82. The number of nitrogens with two attached hydrogens (primary N) is 1. The summed E-state index contributed by atoms with van der Waals surface area (Å²) in [5.74, 6) is -2.79. The first-order valence-corrected chi connectivity index (χ1v) is 4.95. The van der Waals surface area contributed by atoms with Crippen molar-refractivity contribution in [3.05, 3.63) is 0 Å². The zero-order chi connectivity index (χ0) is 11.4. The molecule has 3 aliphatic rings. The predicted octanol–water partition coefficient (Wildman–Crippen LogP) is -0.805. The molecule has 6 heteroatoms. The van der Waals surface area contributed by atoms with Gasteiger partial charge in [-0.05, 0) is 31.8 Å². The summed E-state index contributed by atoms with van der Waals surface area (Å²) in [4.78, 5) is 20.7. The first kappa shape index (κ1) is 11.9. The van der Waals surface area contributed by atoms with Gasteiger partial charge in [0.1, 0.15) is 0 Å². The van der Waals surface area contributed by atoms with Crippen LogP contribution in [-0.4, -0.2) is 52.7 Å².